The van der Waals surface area contributed by atoms with Crippen molar-refractivity contribution in [1.29, 1.82) is 0 Å². The van der Waals surface area contributed by atoms with E-state index in [0.717, 1.165) is 12.1 Å². The zero-order valence-electron chi connectivity index (χ0n) is 18.6. The highest BCUT2D eigenvalue weighted by molar-refractivity contribution is 7.91. The van der Waals surface area contributed by atoms with Crippen molar-refractivity contribution >= 4 is 33.0 Å². The monoisotopic (exact) mass is 533 g/mol. The van der Waals surface area contributed by atoms with Gasteiger partial charge in [0, 0.05) is 29.0 Å². The molecule has 4 rings (SSSR count). The first-order chi connectivity index (χ1) is 17.2. The first kappa shape index (κ1) is 25.1. The van der Waals surface area contributed by atoms with Crippen LogP contribution in [0.2, 0.25) is 5.02 Å². The van der Waals surface area contributed by atoms with Crippen LogP contribution in [0.15, 0.2) is 82.7 Å². The molecule has 0 fully saturated rings. The van der Waals surface area contributed by atoms with Crippen LogP contribution in [0, 0.1) is 11.6 Å². The molecule has 0 aliphatic carbocycles. The fraction of sp³-hybridized carbons (Fsp3) is 0.0833. The standard InChI is InChI=1S/C24H18ClF2N3O5S/c1-34-18-11-17(12-20(13-18)36(32,33)19-5-2-15(25)3-6-19)28-24(31)22-8-9-30(29-22)14-35-23-7-4-16(26)10-21(23)27/h2-13H,14H2,1H3,(H,28,31). The molecule has 4 aromatic rings. The smallest absolute Gasteiger partial charge is 0.276 e. The summed E-state index contributed by atoms with van der Waals surface area (Å²) in [5.74, 6) is -2.21. The van der Waals surface area contributed by atoms with Gasteiger partial charge in [-0.3, -0.25) is 4.79 Å². The third-order valence-corrected chi connectivity index (χ3v) is 6.93. The van der Waals surface area contributed by atoms with Crippen LogP contribution in [0.1, 0.15) is 10.5 Å². The Kier molecular flexibility index (Phi) is 7.22. The van der Waals surface area contributed by atoms with Crippen LogP contribution >= 0.6 is 11.6 Å². The predicted octanol–water partition coefficient (Wildman–Crippen LogP) is 4.94. The van der Waals surface area contributed by atoms with Crippen LogP contribution in [-0.2, 0) is 16.6 Å². The average Bonchev–Trinajstić information content (AvgIpc) is 3.33. The number of sulfone groups is 1. The van der Waals surface area contributed by atoms with E-state index < -0.39 is 27.4 Å². The third-order valence-electron chi connectivity index (χ3n) is 4.93. The number of hydrogen-bond donors (Lipinski definition) is 1. The van der Waals surface area contributed by atoms with Gasteiger partial charge < -0.3 is 14.8 Å². The normalized spacial score (nSPS) is 11.2. The topological polar surface area (TPSA) is 99.5 Å². The highest BCUT2D eigenvalue weighted by Crippen LogP contribution is 2.29. The van der Waals surface area contributed by atoms with Crippen molar-refractivity contribution in [2.45, 2.75) is 16.5 Å². The van der Waals surface area contributed by atoms with Crippen molar-refractivity contribution in [2.24, 2.45) is 0 Å². The van der Waals surface area contributed by atoms with Crippen molar-refractivity contribution in [3.8, 4) is 11.5 Å². The summed E-state index contributed by atoms with van der Waals surface area (Å²) < 4.78 is 64.6. The maximum absolute atomic E-state index is 13.7. The number of benzene rings is 3. The van der Waals surface area contributed by atoms with Gasteiger partial charge in [-0.15, -0.1) is 0 Å². The van der Waals surface area contributed by atoms with Gasteiger partial charge in [0.05, 0.1) is 16.9 Å². The second-order valence-electron chi connectivity index (χ2n) is 7.40. The SMILES string of the molecule is COc1cc(NC(=O)c2ccn(COc3ccc(F)cc3F)n2)cc(S(=O)(=O)c2ccc(Cl)cc2)c1. The summed E-state index contributed by atoms with van der Waals surface area (Å²) in [6.45, 7) is -0.238. The lowest BCUT2D eigenvalue weighted by Crippen LogP contribution is -2.15. The van der Waals surface area contributed by atoms with Gasteiger partial charge in [-0.2, -0.15) is 5.10 Å². The van der Waals surface area contributed by atoms with E-state index in [1.54, 1.807) is 0 Å². The van der Waals surface area contributed by atoms with Crippen molar-refractivity contribution in [3.05, 3.63) is 95.3 Å². The van der Waals surface area contributed by atoms with Crippen LogP contribution in [0.4, 0.5) is 14.5 Å². The minimum atomic E-state index is -3.93. The Morgan fingerprint density at radius 3 is 2.47 bits per heavy atom. The van der Waals surface area contributed by atoms with Gasteiger partial charge in [-0.25, -0.2) is 21.9 Å². The maximum atomic E-state index is 13.7. The van der Waals surface area contributed by atoms with Crippen LogP contribution in [0.3, 0.4) is 0 Å². The Bertz CT molecular complexity index is 1530. The zero-order chi connectivity index (χ0) is 25.9. The van der Waals surface area contributed by atoms with E-state index in [-0.39, 0.29) is 39.4 Å². The fourth-order valence-corrected chi connectivity index (χ4v) is 4.59. The number of carbonyl (C=O) groups excluding carboxylic acids is 1. The molecule has 0 aliphatic rings. The zero-order valence-corrected chi connectivity index (χ0v) is 20.2. The average molecular weight is 534 g/mol. The fourth-order valence-electron chi connectivity index (χ4n) is 3.14. The summed E-state index contributed by atoms with van der Waals surface area (Å²) >= 11 is 5.85. The van der Waals surface area contributed by atoms with Crippen molar-refractivity contribution < 1.29 is 31.5 Å². The molecule has 0 spiro atoms. The van der Waals surface area contributed by atoms with E-state index in [4.69, 9.17) is 21.1 Å². The van der Waals surface area contributed by atoms with Crippen LogP contribution in [0.5, 0.6) is 11.5 Å². The second kappa shape index (κ2) is 10.3. The summed E-state index contributed by atoms with van der Waals surface area (Å²) in [7, 11) is -2.56. The third kappa shape index (κ3) is 5.64. The minimum absolute atomic E-state index is 0.0110. The Hall–Kier alpha value is -3.96. The molecule has 3 aromatic carbocycles. The van der Waals surface area contributed by atoms with E-state index >= 15 is 0 Å². The Labute approximate surface area is 210 Å². The first-order valence-electron chi connectivity index (χ1n) is 10.3. The Morgan fingerprint density at radius 1 is 1.03 bits per heavy atom. The summed E-state index contributed by atoms with van der Waals surface area (Å²) in [4.78, 5) is 12.7. The number of anilines is 1. The van der Waals surface area contributed by atoms with E-state index in [1.165, 1.54) is 66.5 Å². The molecule has 0 radical (unpaired) electrons. The molecule has 1 heterocycles. The number of methoxy groups -OCH3 is 1. The number of aromatic nitrogens is 2. The first-order valence-corrected chi connectivity index (χ1v) is 12.1. The van der Waals surface area contributed by atoms with Crippen LogP contribution in [0.25, 0.3) is 0 Å². The molecule has 1 N–H and O–H groups in total. The number of rotatable bonds is 8. The Morgan fingerprint density at radius 2 is 1.78 bits per heavy atom. The van der Waals surface area contributed by atoms with Crippen molar-refractivity contribution in [2.75, 3.05) is 12.4 Å². The van der Waals surface area contributed by atoms with Gasteiger partial charge in [0.2, 0.25) is 9.84 Å². The second-order valence-corrected chi connectivity index (χ2v) is 9.78. The number of hydrogen-bond acceptors (Lipinski definition) is 6. The molecule has 0 aliphatic heterocycles. The summed E-state index contributed by atoms with van der Waals surface area (Å²) in [5, 5.41) is 7.03. The van der Waals surface area contributed by atoms with Gasteiger partial charge in [0.1, 0.15) is 11.6 Å². The van der Waals surface area contributed by atoms with Crippen molar-refractivity contribution in [1.82, 2.24) is 9.78 Å². The number of nitrogens with one attached hydrogen (secondary N) is 1. The van der Waals surface area contributed by atoms with Gasteiger partial charge in [-0.05, 0) is 54.6 Å². The molecule has 0 bridgehead atoms. The quantitative estimate of drug-likeness (QED) is 0.344. The number of halogens is 3. The molecule has 0 atom stereocenters. The molecular formula is C24H18ClF2N3O5S. The van der Waals surface area contributed by atoms with Gasteiger partial charge in [0.25, 0.3) is 5.91 Å². The van der Waals surface area contributed by atoms with Crippen LogP contribution in [-0.4, -0.2) is 31.2 Å². The molecule has 1 aromatic heterocycles. The van der Waals surface area contributed by atoms with Gasteiger partial charge in [-0.1, -0.05) is 11.6 Å². The number of ether oxygens (including phenoxy) is 2. The molecular weight excluding hydrogens is 516 g/mol. The molecule has 8 nitrogen and oxygen atoms in total. The lowest BCUT2D eigenvalue weighted by atomic mass is 10.3. The molecule has 1 amide bonds. The number of nitrogens with zero attached hydrogens (tertiary/aromatic N) is 2. The predicted molar refractivity (Wildman–Crippen MR) is 127 cm³/mol. The van der Waals surface area contributed by atoms with Gasteiger partial charge in [0.15, 0.2) is 24.0 Å². The van der Waals surface area contributed by atoms with E-state index in [0.29, 0.717) is 11.1 Å². The van der Waals surface area contributed by atoms with Crippen LogP contribution < -0.4 is 14.8 Å². The largest absolute Gasteiger partial charge is 0.497 e. The van der Waals surface area contributed by atoms with Gasteiger partial charge >= 0.3 is 0 Å². The van der Waals surface area contributed by atoms with E-state index in [2.05, 4.69) is 10.4 Å². The molecule has 0 saturated carbocycles. The molecule has 0 saturated heterocycles. The summed E-state index contributed by atoms with van der Waals surface area (Å²) in [6, 6.07) is 14.0. The highest BCUT2D eigenvalue weighted by Gasteiger charge is 2.21. The maximum Gasteiger partial charge on any atom is 0.276 e. The summed E-state index contributed by atoms with van der Waals surface area (Å²) in [5.41, 5.74) is 0.147. The molecule has 12 heteroatoms. The molecule has 0 unspecified atom stereocenters. The minimum Gasteiger partial charge on any atom is -0.497 e. The Balaban J connectivity index is 1.50. The lowest BCUT2D eigenvalue weighted by molar-refractivity contribution is 0.102. The molecule has 186 valence electrons. The number of amides is 1. The lowest BCUT2D eigenvalue weighted by Gasteiger charge is -2.11. The van der Waals surface area contributed by atoms with E-state index in [1.807, 2.05) is 0 Å². The number of carbonyl (C=O) groups is 1. The highest BCUT2D eigenvalue weighted by atomic mass is 35.5. The summed E-state index contributed by atoms with van der Waals surface area (Å²) in [6.07, 6.45) is 1.43. The van der Waals surface area contributed by atoms with E-state index in [9.17, 15) is 22.0 Å². The van der Waals surface area contributed by atoms with Crippen molar-refractivity contribution in [3.63, 3.8) is 0 Å². The molecule has 36 heavy (non-hydrogen) atoms.